The highest BCUT2D eigenvalue weighted by atomic mass is 32.1. The van der Waals surface area contributed by atoms with Gasteiger partial charge in [-0.3, -0.25) is 14.2 Å². The molecule has 0 saturated carbocycles. The van der Waals surface area contributed by atoms with E-state index in [0.29, 0.717) is 56.3 Å². The van der Waals surface area contributed by atoms with Crippen LogP contribution in [0.1, 0.15) is 43.5 Å². The van der Waals surface area contributed by atoms with Crippen molar-refractivity contribution in [2.24, 2.45) is 4.99 Å². The number of halogens is 1. The lowest BCUT2D eigenvalue weighted by atomic mass is 9.90. The second-order valence-electron chi connectivity index (χ2n) is 12.0. The molecule has 1 aliphatic rings. The van der Waals surface area contributed by atoms with E-state index < -0.39 is 6.04 Å². The van der Waals surface area contributed by atoms with Crippen molar-refractivity contribution in [3.63, 3.8) is 0 Å². The van der Waals surface area contributed by atoms with Crippen molar-refractivity contribution in [1.82, 2.24) is 9.47 Å². The van der Waals surface area contributed by atoms with Gasteiger partial charge in [0.05, 0.1) is 22.9 Å². The van der Waals surface area contributed by atoms with E-state index in [4.69, 9.17) is 14.5 Å². The van der Waals surface area contributed by atoms with Crippen LogP contribution in [0.5, 0.6) is 11.5 Å². The number of nitrogens with zero attached hydrogens (tertiary/aromatic N) is 3. The van der Waals surface area contributed by atoms with Crippen LogP contribution >= 0.6 is 11.3 Å². The first kappa shape index (κ1) is 33.0. The van der Waals surface area contributed by atoms with E-state index in [2.05, 4.69) is 0 Å². The summed E-state index contributed by atoms with van der Waals surface area (Å²) < 4.78 is 28.8. The lowest BCUT2D eigenvalue weighted by Gasteiger charge is -2.30. The standard InChI is InChI=1S/C41H36FN3O4S/c1-5-44(6-2)40(47)36-25(3)43-41-45(38(36)37-30-17-11-8-14-27(30)20-22-34(37)48-4)39(46)35(50-41)23-31-29-16-10-7-13-26(29)19-21-33(31)49-24-28-15-9-12-18-32(28)42/h7-23,38H,5-6,24H2,1-4H3/b35-23+/t38-/m1/s1. The summed E-state index contributed by atoms with van der Waals surface area (Å²) in [7, 11) is 1.60. The van der Waals surface area contributed by atoms with Crippen molar-refractivity contribution in [3.8, 4) is 11.5 Å². The molecule has 252 valence electrons. The van der Waals surface area contributed by atoms with Crippen LogP contribution in [-0.2, 0) is 11.4 Å². The fraction of sp³-hybridized carbons (Fsp3) is 0.195. The molecule has 6 aromatic rings. The predicted octanol–water partition coefficient (Wildman–Crippen LogP) is 7.14. The van der Waals surface area contributed by atoms with E-state index in [1.807, 2.05) is 99.6 Å². The first-order valence-electron chi connectivity index (χ1n) is 16.6. The maximum absolute atomic E-state index is 14.8. The zero-order chi connectivity index (χ0) is 34.9. The highest BCUT2D eigenvalue weighted by Crippen LogP contribution is 2.40. The van der Waals surface area contributed by atoms with Crippen LogP contribution in [0.25, 0.3) is 27.6 Å². The van der Waals surface area contributed by atoms with Gasteiger partial charge in [-0.15, -0.1) is 0 Å². The van der Waals surface area contributed by atoms with E-state index in [0.717, 1.165) is 27.1 Å². The number of likely N-dealkylation sites (N-methyl/N-ethyl adjacent to an activating group) is 1. The summed E-state index contributed by atoms with van der Waals surface area (Å²) in [6.45, 7) is 6.74. The summed E-state index contributed by atoms with van der Waals surface area (Å²) >= 11 is 1.26. The normalized spacial score (nSPS) is 14.5. The lowest BCUT2D eigenvalue weighted by molar-refractivity contribution is -0.127. The highest BCUT2D eigenvalue weighted by molar-refractivity contribution is 7.07. The van der Waals surface area contributed by atoms with Gasteiger partial charge in [-0.05, 0) is 66.6 Å². The Morgan fingerprint density at radius 2 is 1.54 bits per heavy atom. The molecule has 1 aliphatic heterocycles. The Hall–Kier alpha value is -5.54. The second-order valence-corrected chi connectivity index (χ2v) is 13.0. The molecule has 1 amide bonds. The van der Waals surface area contributed by atoms with Crippen molar-refractivity contribution in [2.45, 2.75) is 33.4 Å². The number of benzene rings is 5. The number of hydrogen-bond donors (Lipinski definition) is 0. The molecule has 50 heavy (non-hydrogen) atoms. The molecule has 0 saturated heterocycles. The first-order valence-corrected chi connectivity index (χ1v) is 17.4. The fourth-order valence-electron chi connectivity index (χ4n) is 6.74. The van der Waals surface area contributed by atoms with E-state index in [-0.39, 0.29) is 23.9 Å². The summed E-state index contributed by atoms with van der Waals surface area (Å²) in [5.41, 5.74) is 2.53. The van der Waals surface area contributed by atoms with Crippen LogP contribution in [0.15, 0.2) is 118 Å². The summed E-state index contributed by atoms with van der Waals surface area (Å²) in [5.74, 6) is 0.556. The van der Waals surface area contributed by atoms with Crippen molar-refractivity contribution < 1.29 is 18.7 Å². The van der Waals surface area contributed by atoms with Gasteiger partial charge >= 0.3 is 0 Å². The number of aromatic nitrogens is 1. The van der Waals surface area contributed by atoms with E-state index >= 15 is 0 Å². The first-order chi connectivity index (χ1) is 24.3. The number of ether oxygens (including phenoxy) is 2. The number of methoxy groups -OCH3 is 1. The topological polar surface area (TPSA) is 73.1 Å². The van der Waals surface area contributed by atoms with E-state index in [9.17, 15) is 14.0 Å². The van der Waals surface area contributed by atoms with Crippen molar-refractivity contribution >= 4 is 44.9 Å². The van der Waals surface area contributed by atoms with Crippen molar-refractivity contribution in [2.75, 3.05) is 20.2 Å². The van der Waals surface area contributed by atoms with Crippen molar-refractivity contribution in [1.29, 1.82) is 0 Å². The van der Waals surface area contributed by atoms with Gasteiger partial charge in [-0.2, -0.15) is 0 Å². The number of allylic oxidation sites excluding steroid dienone is 1. The largest absolute Gasteiger partial charge is 0.496 e. The van der Waals surface area contributed by atoms with Crippen LogP contribution in [-0.4, -0.2) is 35.6 Å². The average Bonchev–Trinajstić information content (AvgIpc) is 3.44. The molecule has 2 heterocycles. The van der Waals surface area contributed by atoms with Crippen molar-refractivity contribution in [3.05, 3.63) is 151 Å². The monoisotopic (exact) mass is 685 g/mol. The van der Waals surface area contributed by atoms with Gasteiger partial charge in [0, 0.05) is 29.8 Å². The molecule has 1 atom stereocenters. The Kier molecular flexibility index (Phi) is 9.08. The van der Waals surface area contributed by atoms with Crippen LogP contribution in [0.2, 0.25) is 0 Å². The third-order valence-corrected chi connectivity index (χ3v) is 10.3. The second kappa shape index (κ2) is 13.8. The van der Waals surface area contributed by atoms with E-state index in [1.165, 1.54) is 17.4 Å². The van der Waals surface area contributed by atoms with Gasteiger partial charge < -0.3 is 14.4 Å². The number of rotatable bonds is 9. The SMILES string of the molecule is CCN(CC)C(=O)C1=C(C)N=c2s/c(=C/c3c(OCc4ccccc4F)ccc4ccccc34)c(=O)n2[C@H]1c1c(OC)ccc2ccccc12. The molecule has 0 spiro atoms. The Morgan fingerprint density at radius 1 is 0.900 bits per heavy atom. The minimum Gasteiger partial charge on any atom is -0.496 e. The molecule has 9 heteroatoms. The molecule has 0 bridgehead atoms. The van der Waals surface area contributed by atoms with Gasteiger partial charge in [-0.1, -0.05) is 90.2 Å². The van der Waals surface area contributed by atoms with Crippen LogP contribution in [0, 0.1) is 5.82 Å². The van der Waals surface area contributed by atoms with E-state index in [1.54, 1.807) is 34.8 Å². The Bertz CT molecular complexity index is 2500. The third-order valence-electron chi connectivity index (χ3n) is 9.27. The summed E-state index contributed by atoms with van der Waals surface area (Å²) in [5, 5.41) is 3.68. The maximum Gasteiger partial charge on any atom is 0.271 e. The molecular weight excluding hydrogens is 650 g/mol. The molecule has 5 aromatic carbocycles. The molecule has 0 N–H and O–H groups in total. The number of thiazole rings is 1. The quantitative estimate of drug-likeness (QED) is 0.162. The Labute approximate surface area is 292 Å². The lowest BCUT2D eigenvalue weighted by Crippen LogP contribution is -2.43. The molecular formula is C41H36FN3O4S. The summed E-state index contributed by atoms with van der Waals surface area (Å²) in [6, 6.07) is 29.1. The third kappa shape index (κ3) is 5.77. The highest BCUT2D eigenvalue weighted by Gasteiger charge is 2.36. The molecule has 0 radical (unpaired) electrons. The van der Waals surface area contributed by atoms with Crippen LogP contribution in [0.4, 0.5) is 4.39 Å². The van der Waals surface area contributed by atoms with Gasteiger partial charge in [0.1, 0.15) is 30.0 Å². The number of amides is 1. The Morgan fingerprint density at radius 3 is 2.24 bits per heavy atom. The maximum atomic E-state index is 14.8. The smallest absolute Gasteiger partial charge is 0.271 e. The number of hydrogen-bond acceptors (Lipinski definition) is 6. The van der Waals surface area contributed by atoms with Gasteiger partial charge in [0.25, 0.3) is 11.5 Å². The van der Waals surface area contributed by atoms with Crippen LogP contribution in [0.3, 0.4) is 0 Å². The molecule has 0 aliphatic carbocycles. The molecule has 7 rings (SSSR count). The molecule has 0 fully saturated rings. The molecule has 7 nitrogen and oxygen atoms in total. The Balaban J connectivity index is 1.47. The van der Waals surface area contributed by atoms with Crippen LogP contribution < -0.4 is 24.4 Å². The fourth-order valence-corrected chi connectivity index (χ4v) is 7.77. The molecule has 1 aromatic heterocycles. The van der Waals surface area contributed by atoms with Gasteiger partial charge in [0.15, 0.2) is 4.80 Å². The number of carbonyl (C=O) groups excluding carboxylic acids is 1. The zero-order valence-corrected chi connectivity index (χ0v) is 29.1. The summed E-state index contributed by atoms with van der Waals surface area (Å²) in [4.78, 5) is 36.2. The van der Waals surface area contributed by atoms with Gasteiger partial charge in [0.2, 0.25) is 0 Å². The minimum atomic E-state index is -0.799. The predicted molar refractivity (Wildman–Crippen MR) is 197 cm³/mol. The minimum absolute atomic E-state index is 0.0179. The zero-order valence-electron chi connectivity index (χ0n) is 28.3. The number of fused-ring (bicyclic) bond motifs is 3. The van der Waals surface area contributed by atoms with Gasteiger partial charge in [-0.25, -0.2) is 9.38 Å². The number of carbonyl (C=O) groups is 1. The average molecular weight is 686 g/mol. The summed E-state index contributed by atoms with van der Waals surface area (Å²) in [6.07, 6.45) is 1.82. The molecule has 0 unspecified atom stereocenters.